The van der Waals surface area contributed by atoms with E-state index >= 15 is 0 Å². The minimum absolute atomic E-state index is 0.349. The molecule has 0 unspecified atom stereocenters. The average molecular weight is 449 g/mol. The number of ether oxygens (including phenoxy) is 1. The van der Waals surface area contributed by atoms with Gasteiger partial charge in [-0.3, -0.25) is 4.40 Å². The highest BCUT2D eigenvalue weighted by molar-refractivity contribution is 5.99. The van der Waals surface area contributed by atoms with Crippen molar-refractivity contribution in [3.8, 4) is 11.3 Å². The van der Waals surface area contributed by atoms with E-state index in [4.69, 9.17) is 9.57 Å². The van der Waals surface area contributed by atoms with Crippen molar-refractivity contribution in [3.05, 3.63) is 54.4 Å². The van der Waals surface area contributed by atoms with Gasteiger partial charge in [-0.05, 0) is 31.2 Å². The number of carbonyl (C=O) groups excluding carboxylic acids is 1. The number of halogens is 3. The van der Waals surface area contributed by atoms with Crippen LogP contribution in [0.3, 0.4) is 0 Å². The summed E-state index contributed by atoms with van der Waals surface area (Å²) in [7, 11) is 1.58. The van der Waals surface area contributed by atoms with Crippen LogP contribution in [0.1, 0.15) is 12.5 Å². The van der Waals surface area contributed by atoms with E-state index in [1.54, 1.807) is 36.8 Å². The molecule has 0 fully saturated rings. The number of carbonyl (C=O) groups is 1. The number of alkyl halides is 3. The normalized spacial score (nSPS) is 12.1. The lowest BCUT2D eigenvalue weighted by Crippen LogP contribution is -2.36. The first-order valence-electron chi connectivity index (χ1n) is 9.62. The molecule has 2 N–H and O–H groups in total. The Morgan fingerprint density at radius 1 is 1.22 bits per heavy atom. The summed E-state index contributed by atoms with van der Waals surface area (Å²) in [6, 6.07) is 9.52. The number of imidazole rings is 1. The zero-order valence-electron chi connectivity index (χ0n) is 17.4. The highest BCUT2D eigenvalue weighted by Gasteiger charge is 2.27. The molecule has 32 heavy (non-hydrogen) atoms. The van der Waals surface area contributed by atoms with Crippen LogP contribution in [0.2, 0.25) is 0 Å². The molecular formula is C21H22F3N5O3. The van der Waals surface area contributed by atoms with E-state index in [2.05, 4.69) is 15.5 Å². The van der Waals surface area contributed by atoms with Gasteiger partial charge in [-0.25, -0.2) is 9.78 Å². The predicted molar refractivity (Wildman–Crippen MR) is 114 cm³/mol. The highest BCUT2D eigenvalue weighted by atomic mass is 19.4. The molecule has 0 saturated heterocycles. The molecule has 0 aliphatic carbocycles. The first-order valence-corrected chi connectivity index (χ1v) is 9.62. The first kappa shape index (κ1) is 23.1. The standard InChI is InChI=1S/C21H22F3N5O3/c1-14(28-32-9-8-31-2)15-6-7-29-18(12-25-19(29)11-15)16-4-3-5-17(10-16)27-20(30)26-13-21(22,23)24/h3-7,10-12H,8-9,13H2,1-2H3,(H2,26,27,30)/b28-14+. The second-order valence-corrected chi connectivity index (χ2v) is 6.79. The minimum Gasteiger partial charge on any atom is -0.393 e. The van der Waals surface area contributed by atoms with E-state index in [1.165, 1.54) is 0 Å². The fourth-order valence-electron chi connectivity index (χ4n) is 2.85. The molecule has 11 heteroatoms. The lowest BCUT2D eigenvalue weighted by Gasteiger charge is -2.11. The van der Waals surface area contributed by atoms with Gasteiger partial charge in [-0.1, -0.05) is 17.3 Å². The molecule has 0 aliphatic heterocycles. The van der Waals surface area contributed by atoms with Crippen molar-refractivity contribution in [3.63, 3.8) is 0 Å². The Bertz CT molecular complexity index is 1110. The first-order chi connectivity index (χ1) is 15.3. The van der Waals surface area contributed by atoms with E-state index in [0.717, 1.165) is 16.8 Å². The Balaban J connectivity index is 1.76. The summed E-state index contributed by atoms with van der Waals surface area (Å²) < 4.78 is 43.5. The van der Waals surface area contributed by atoms with Crippen molar-refractivity contribution in [2.24, 2.45) is 5.16 Å². The fourth-order valence-corrected chi connectivity index (χ4v) is 2.85. The third-order valence-corrected chi connectivity index (χ3v) is 4.38. The van der Waals surface area contributed by atoms with E-state index in [-0.39, 0.29) is 0 Å². The molecule has 0 radical (unpaired) electrons. The van der Waals surface area contributed by atoms with Crippen LogP contribution >= 0.6 is 0 Å². The van der Waals surface area contributed by atoms with Gasteiger partial charge in [0.15, 0.2) is 0 Å². The van der Waals surface area contributed by atoms with E-state index in [9.17, 15) is 18.0 Å². The van der Waals surface area contributed by atoms with Gasteiger partial charge in [0.25, 0.3) is 0 Å². The maximum absolute atomic E-state index is 12.3. The molecule has 2 amide bonds. The number of hydrogen-bond acceptors (Lipinski definition) is 5. The van der Waals surface area contributed by atoms with Gasteiger partial charge in [0.1, 0.15) is 18.8 Å². The SMILES string of the molecule is COCCO/N=C(\C)c1ccn2c(-c3cccc(NC(=O)NCC(F)(F)F)c3)cnc2c1. The topological polar surface area (TPSA) is 89.3 Å². The van der Waals surface area contributed by atoms with Crippen molar-refractivity contribution in [1.82, 2.24) is 14.7 Å². The van der Waals surface area contributed by atoms with Crippen LogP contribution in [0.25, 0.3) is 16.9 Å². The summed E-state index contributed by atoms with van der Waals surface area (Å²) in [6.07, 6.45) is -0.978. The number of methoxy groups -OCH3 is 1. The van der Waals surface area contributed by atoms with Gasteiger partial charge in [-0.15, -0.1) is 0 Å². The van der Waals surface area contributed by atoms with Gasteiger partial charge >= 0.3 is 12.2 Å². The Labute approximate surface area is 182 Å². The predicted octanol–water partition coefficient (Wildman–Crippen LogP) is 4.07. The quantitative estimate of drug-likeness (QED) is 0.308. The summed E-state index contributed by atoms with van der Waals surface area (Å²) in [4.78, 5) is 21.3. The van der Waals surface area contributed by atoms with Crippen LogP contribution < -0.4 is 10.6 Å². The Morgan fingerprint density at radius 3 is 2.78 bits per heavy atom. The summed E-state index contributed by atoms with van der Waals surface area (Å²) in [6.45, 7) is 1.20. The number of pyridine rings is 1. The van der Waals surface area contributed by atoms with Crippen LogP contribution in [0.4, 0.5) is 23.7 Å². The highest BCUT2D eigenvalue weighted by Crippen LogP contribution is 2.24. The third kappa shape index (κ3) is 6.20. The maximum atomic E-state index is 12.3. The van der Waals surface area contributed by atoms with Crippen LogP contribution in [0, 0.1) is 0 Å². The molecule has 0 atom stereocenters. The van der Waals surface area contributed by atoms with E-state index in [0.29, 0.717) is 30.3 Å². The lowest BCUT2D eigenvalue weighted by atomic mass is 10.1. The number of fused-ring (bicyclic) bond motifs is 1. The third-order valence-electron chi connectivity index (χ3n) is 4.38. The summed E-state index contributed by atoms with van der Waals surface area (Å²) in [5.74, 6) is 0. The molecular weight excluding hydrogens is 427 g/mol. The van der Waals surface area contributed by atoms with Crippen LogP contribution in [0.5, 0.6) is 0 Å². The molecule has 2 heterocycles. The smallest absolute Gasteiger partial charge is 0.393 e. The molecule has 3 aromatic rings. The zero-order chi connectivity index (χ0) is 23.1. The van der Waals surface area contributed by atoms with Gasteiger partial charge in [0.05, 0.1) is 24.2 Å². The monoisotopic (exact) mass is 449 g/mol. The lowest BCUT2D eigenvalue weighted by molar-refractivity contribution is -0.122. The summed E-state index contributed by atoms with van der Waals surface area (Å²) >= 11 is 0. The molecule has 0 spiro atoms. The summed E-state index contributed by atoms with van der Waals surface area (Å²) in [5.41, 5.74) is 4.02. The number of benzene rings is 1. The van der Waals surface area contributed by atoms with E-state index in [1.807, 2.05) is 35.7 Å². The Morgan fingerprint density at radius 2 is 2.03 bits per heavy atom. The number of nitrogens with one attached hydrogen (secondary N) is 2. The number of anilines is 1. The van der Waals surface area contributed by atoms with Gasteiger partial charge < -0.3 is 20.2 Å². The number of nitrogens with zero attached hydrogens (tertiary/aromatic N) is 3. The minimum atomic E-state index is -4.48. The fraction of sp³-hybridized carbons (Fsp3) is 0.286. The number of oxime groups is 1. The zero-order valence-corrected chi connectivity index (χ0v) is 17.4. The molecule has 2 aromatic heterocycles. The largest absolute Gasteiger partial charge is 0.405 e. The molecule has 8 nitrogen and oxygen atoms in total. The van der Waals surface area contributed by atoms with Crippen LogP contribution in [0.15, 0.2) is 53.9 Å². The molecule has 0 saturated carbocycles. The van der Waals surface area contributed by atoms with Crippen LogP contribution in [-0.4, -0.2) is 54.2 Å². The molecule has 3 rings (SSSR count). The second kappa shape index (κ2) is 10.1. The van der Waals surface area contributed by atoms with Crippen molar-refractivity contribution in [2.75, 3.05) is 32.2 Å². The van der Waals surface area contributed by atoms with Crippen molar-refractivity contribution in [2.45, 2.75) is 13.1 Å². The number of rotatable bonds is 8. The number of amides is 2. The van der Waals surface area contributed by atoms with Gasteiger partial charge in [0, 0.05) is 30.1 Å². The molecule has 1 aromatic carbocycles. The number of hydrogen-bond donors (Lipinski definition) is 2. The van der Waals surface area contributed by atoms with Gasteiger partial charge in [-0.2, -0.15) is 13.2 Å². The molecule has 0 aliphatic rings. The van der Waals surface area contributed by atoms with Crippen LogP contribution in [-0.2, 0) is 9.57 Å². The molecule has 170 valence electrons. The molecule has 0 bridgehead atoms. The van der Waals surface area contributed by atoms with Crippen molar-refractivity contribution < 1.29 is 27.5 Å². The summed E-state index contributed by atoms with van der Waals surface area (Å²) in [5, 5.41) is 8.23. The Hall–Kier alpha value is -3.60. The van der Waals surface area contributed by atoms with Crippen molar-refractivity contribution >= 4 is 23.1 Å². The van der Waals surface area contributed by atoms with Crippen molar-refractivity contribution in [1.29, 1.82) is 0 Å². The second-order valence-electron chi connectivity index (χ2n) is 6.79. The average Bonchev–Trinajstić information content (AvgIpc) is 3.18. The number of aromatic nitrogens is 2. The number of urea groups is 1. The van der Waals surface area contributed by atoms with Gasteiger partial charge in [0.2, 0.25) is 0 Å². The maximum Gasteiger partial charge on any atom is 0.405 e. The van der Waals surface area contributed by atoms with E-state index < -0.39 is 18.8 Å². The Kier molecular flexibility index (Phi) is 7.31.